The summed E-state index contributed by atoms with van der Waals surface area (Å²) in [5.41, 5.74) is 16.6. The zero-order valence-corrected chi connectivity index (χ0v) is 74.9. The van der Waals surface area contributed by atoms with Gasteiger partial charge in [0.15, 0.2) is 0 Å². The molecule has 0 fully saturated rings. The van der Waals surface area contributed by atoms with Gasteiger partial charge in [-0.1, -0.05) is 134 Å². The molecule has 2 aromatic carbocycles. The smallest absolute Gasteiger partial charge is 0.143 e. The Bertz CT molecular complexity index is 6080. The first-order valence-electron chi connectivity index (χ1n) is 43.7. The largest absolute Gasteiger partial charge is 0.387 e. The van der Waals surface area contributed by atoms with Crippen LogP contribution in [0.15, 0.2) is 160 Å². The van der Waals surface area contributed by atoms with E-state index in [1.807, 2.05) is 82.7 Å². The number of aryl methyl sites for hydroxylation is 5. The predicted octanol–water partition coefficient (Wildman–Crippen LogP) is 19.8. The Morgan fingerprint density at radius 1 is 0.392 bits per heavy atom. The topological polar surface area (TPSA) is 422 Å². The third kappa shape index (κ3) is 25.8. The fourth-order valence-electron chi connectivity index (χ4n) is 13.7. The number of rotatable bonds is 32. The van der Waals surface area contributed by atoms with Crippen LogP contribution in [0, 0.1) is 20.8 Å². The maximum Gasteiger partial charge on any atom is 0.143 e. The van der Waals surface area contributed by atoms with E-state index in [4.69, 9.17) is 4.74 Å². The summed E-state index contributed by atoms with van der Waals surface area (Å²) in [5, 5.41) is 44.5. The molecular weight excluding hydrogens is 1570 g/mol. The van der Waals surface area contributed by atoms with Crippen LogP contribution in [0.3, 0.4) is 0 Å². The van der Waals surface area contributed by atoms with E-state index in [0.717, 1.165) is 248 Å². The standard InChI is InChI=1S/C16H18N4.C14H18N6.C14H22N4O.C14H14N4.C12H18N4O.C12H18N4.C11H16N4/c1-11-9-13-14(19-11)17-10-18-15(13)20-16(2,3)12-7-5-4-6-8-12;1-3-4-6-15-13-10-8-11(12-5-7-18-20(12)2)19-14(10)17-9-16-13;1-4-6-7-15-13-11-8-12(10(3)19-5-2)18-14(11)17-9-16-13;1-10-7-12-13(16-9-17-14(12)18-10)15-8-11-5-3-2-4-6-11;1-3-4-5-13-11-9-6-10(8(2)17)16-12(9)15-7-14-11;1-3-5-6-13-11-10-7-9(4-2)16-12(10)15-8-14-11;1-3-4-5-12-10-9-6-8(2)15-11(9)14-7-13-10/h4-10H,1-3H3,(H2,17,18,19,20);5,7-9H,3-4,6H2,1-2H3,(H2,15,16,17,19);8-10H,4-7H2,1-3H3,(H2,15,16,17,18);2-7,9H,8H2,1H3,(H2,15,16,17,18);6-8,17H,3-5H2,1-2H3,(H2,13,14,15,16);7-8H,3-6H2,1-2H3,(H2,13,14,15,16);6-7H,3-5H2,1-2H3,(H2,12,13,14,15). The van der Waals surface area contributed by atoms with Gasteiger partial charge in [-0.25, -0.2) is 69.8 Å². The van der Waals surface area contributed by atoms with Gasteiger partial charge in [-0.05, 0) is 154 Å². The van der Waals surface area contributed by atoms with Gasteiger partial charge in [-0.15, -0.1) is 0 Å². The molecule has 17 aromatic rings. The molecule has 0 spiro atoms. The highest BCUT2D eigenvalue weighted by Gasteiger charge is 2.23. The number of hydrogen-bond donors (Lipinski definition) is 15. The lowest BCUT2D eigenvalue weighted by atomic mass is 9.94. The van der Waals surface area contributed by atoms with Crippen molar-refractivity contribution in [2.45, 2.75) is 192 Å². The molecular formula is C93H124N30O2. The van der Waals surface area contributed by atoms with Crippen LogP contribution < -0.4 is 37.2 Å². The van der Waals surface area contributed by atoms with Crippen LogP contribution in [0.1, 0.15) is 198 Å². The molecule has 0 aliphatic rings. The minimum atomic E-state index is -0.521. The molecule has 125 heavy (non-hydrogen) atoms. The number of nitrogens with zero attached hydrogens (tertiary/aromatic N) is 16. The first-order valence-corrected chi connectivity index (χ1v) is 43.7. The van der Waals surface area contributed by atoms with Crippen LogP contribution in [0.2, 0.25) is 0 Å². The summed E-state index contributed by atoms with van der Waals surface area (Å²) >= 11 is 0. The summed E-state index contributed by atoms with van der Waals surface area (Å²) in [4.78, 5) is 82.3. The molecule has 32 nitrogen and oxygen atoms in total. The second-order valence-corrected chi connectivity index (χ2v) is 31.0. The number of unbranched alkanes of at least 4 members (excludes halogenated alkanes) is 5. The van der Waals surface area contributed by atoms with Crippen LogP contribution in [-0.2, 0) is 30.3 Å². The Hall–Kier alpha value is -13.5. The molecule has 15 heterocycles. The number of H-pyrrole nitrogens is 7. The number of fused-ring (bicyclic) bond motifs is 7. The van der Waals surface area contributed by atoms with Crippen molar-refractivity contribution in [1.29, 1.82) is 0 Å². The zero-order chi connectivity index (χ0) is 88.5. The van der Waals surface area contributed by atoms with Gasteiger partial charge in [0.05, 0.1) is 66.8 Å². The molecule has 17 rings (SSSR count). The number of anilines is 7. The molecule has 0 aliphatic heterocycles. The maximum absolute atomic E-state index is 9.53. The van der Waals surface area contributed by atoms with Crippen LogP contribution in [-0.4, -0.2) is 159 Å². The minimum Gasteiger partial charge on any atom is -0.387 e. The number of aliphatic hydroxyl groups is 1. The van der Waals surface area contributed by atoms with Crippen molar-refractivity contribution in [1.82, 2.24) is 114 Å². The summed E-state index contributed by atoms with van der Waals surface area (Å²) in [6.45, 7) is 35.3. The van der Waals surface area contributed by atoms with Crippen LogP contribution in [0.4, 0.5) is 40.7 Å². The molecule has 0 aliphatic carbocycles. The highest BCUT2D eigenvalue weighted by molar-refractivity contribution is 5.93. The Kier molecular flexibility index (Phi) is 34.4. The van der Waals surface area contributed by atoms with Crippen molar-refractivity contribution < 1.29 is 9.84 Å². The molecule has 15 N–H and O–H groups in total. The number of aromatic nitrogens is 23. The number of benzene rings is 2. The lowest BCUT2D eigenvalue weighted by molar-refractivity contribution is 0.0739. The summed E-state index contributed by atoms with van der Waals surface area (Å²) in [6, 6.07) is 37.0. The molecule has 658 valence electrons. The van der Waals surface area contributed by atoms with Gasteiger partial charge in [0.2, 0.25) is 0 Å². The van der Waals surface area contributed by atoms with E-state index in [2.05, 4.69) is 275 Å². The Morgan fingerprint density at radius 3 is 1.14 bits per heavy atom. The van der Waals surface area contributed by atoms with E-state index >= 15 is 0 Å². The van der Waals surface area contributed by atoms with E-state index < -0.39 is 6.10 Å². The van der Waals surface area contributed by atoms with Crippen LogP contribution in [0.5, 0.6) is 0 Å². The number of aromatic amines is 7. The third-order valence-corrected chi connectivity index (χ3v) is 20.6. The predicted molar refractivity (Wildman–Crippen MR) is 508 cm³/mol. The van der Waals surface area contributed by atoms with Gasteiger partial charge in [0.1, 0.15) is 125 Å². The Labute approximate surface area is 730 Å². The van der Waals surface area contributed by atoms with Gasteiger partial charge in [-0.2, -0.15) is 5.10 Å². The molecule has 0 radical (unpaired) electrons. The maximum atomic E-state index is 9.53. The zero-order valence-electron chi connectivity index (χ0n) is 74.9. The van der Waals surface area contributed by atoms with Gasteiger partial charge in [0, 0.05) is 93.3 Å². The van der Waals surface area contributed by atoms with Gasteiger partial charge < -0.3 is 81.9 Å². The molecule has 2 atom stereocenters. The van der Waals surface area contributed by atoms with Crippen molar-refractivity contribution in [2.75, 3.05) is 76.5 Å². The van der Waals surface area contributed by atoms with Crippen molar-refractivity contribution in [3.05, 3.63) is 205 Å². The highest BCUT2D eigenvalue weighted by atomic mass is 16.5. The normalized spacial score (nSPS) is 11.6. The highest BCUT2D eigenvalue weighted by Crippen LogP contribution is 2.32. The molecule has 2 unspecified atom stereocenters. The number of nitrogens with one attached hydrogen (secondary N) is 14. The van der Waals surface area contributed by atoms with Crippen LogP contribution in [0.25, 0.3) is 88.6 Å². The molecule has 0 saturated carbocycles. The second kappa shape index (κ2) is 46.7. The molecule has 15 aromatic heterocycles. The monoisotopic (exact) mass is 1690 g/mol. The minimum absolute atomic E-state index is 0.0442. The number of hydrogen-bond acceptors (Lipinski definition) is 24. The van der Waals surface area contributed by atoms with E-state index in [0.29, 0.717) is 6.61 Å². The first kappa shape index (κ1) is 92.2. The third-order valence-electron chi connectivity index (χ3n) is 20.6. The van der Waals surface area contributed by atoms with Gasteiger partial charge >= 0.3 is 0 Å². The Balaban J connectivity index is 0.000000142. The van der Waals surface area contributed by atoms with E-state index in [1.54, 1.807) is 51.1 Å². The van der Waals surface area contributed by atoms with Gasteiger partial charge in [-0.3, -0.25) is 4.68 Å². The number of aliphatic hydroxyl groups excluding tert-OH is 1. The van der Waals surface area contributed by atoms with E-state index in [1.165, 1.54) is 42.4 Å². The van der Waals surface area contributed by atoms with Crippen LogP contribution >= 0.6 is 0 Å². The molecule has 0 bridgehead atoms. The lowest BCUT2D eigenvalue weighted by Crippen LogP contribution is -2.28. The molecule has 0 saturated heterocycles. The molecule has 32 heteroatoms. The summed E-state index contributed by atoms with van der Waals surface area (Å²) in [5.74, 6) is 6.19. The fraction of sp³-hybridized carbons (Fsp3) is 0.387. The first-order chi connectivity index (χ1) is 60.8. The SMILES string of the molecule is CCCCNc1ncnc2[nH]c(-c3ccnn3C)cc12.CCCCNc1ncnc2[nH]c(C(C)O)cc12.CCCCNc1ncnc2[nH]c(C(C)OCC)cc12.CCCCNc1ncnc2[nH]c(C)cc12.CCCCNc1ncnc2[nH]c(CC)cc12.Cc1cc2c(NC(C)(C)c3ccccc3)ncnc2[nH]1.Cc1cc2c(NCc3ccccc3)ncnc2[nH]1. The average Bonchev–Trinajstić information content (AvgIpc) is 1.74. The Morgan fingerprint density at radius 2 is 0.744 bits per heavy atom. The summed E-state index contributed by atoms with van der Waals surface area (Å²) in [6.07, 6.45) is 24.9. The van der Waals surface area contributed by atoms with E-state index in [9.17, 15) is 5.11 Å². The van der Waals surface area contributed by atoms with E-state index in [-0.39, 0.29) is 11.6 Å². The lowest BCUT2D eigenvalue weighted by Gasteiger charge is -2.27. The fourth-order valence-corrected chi connectivity index (χ4v) is 13.7. The van der Waals surface area contributed by atoms with Crippen molar-refractivity contribution >= 4 is 118 Å². The van der Waals surface area contributed by atoms with Crippen molar-refractivity contribution in [3.8, 4) is 11.4 Å². The number of ether oxygens (including phenoxy) is 1. The molecule has 0 amide bonds. The van der Waals surface area contributed by atoms with Gasteiger partial charge in [0.25, 0.3) is 0 Å². The van der Waals surface area contributed by atoms with Crippen molar-refractivity contribution in [2.24, 2.45) is 7.05 Å². The average molecular weight is 1690 g/mol. The quantitative estimate of drug-likeness (QED) is 0.0174. The summed E-state index contributed by atoms with van der Waals surface area (Å²) < 4.78 is 7.43. The van der Waals surface area contributed by atoms with Crippen molar-refractivity contribution in [3.63, 3.8) is 0 Å². The summed E-state index contributed by atoms with van der Waals surface area (Å²) in [7, 11) is 1.92. The second-order valence-electron chi connectivity index (χ2n) is 31.0.